The highest BCUT2D eigenvalue weighted by molar-refractivity contribution is 6.23. The molecule has 2 aromatic rings. The van der Waals surface area contributed by atoms with Gasteiger partial charge in [-0.05, 0) is 49.6 Å². The first-order valence-corrected chi connectivity index (χ1v) is 8.33. The number of anilines is 2. The minimum Gasteiger partial charge on any atom is -0.478 e. The van der Waals surface area contributed by atoms with E-state index >= 15 is 0 Å². The number of amides is 2. The van der Waals surface area contributed by atoms with Gasteiger partial charge >= 0.3 is 5.97 Å². The SMILES string of the molecule is Cc1ccc(C(=O)O)cc1N1C(=O)CC(Nc2c(C)cccc2C)C1=O. The van der Waals surface area contributed by atoms with Crippen molar-refractivity contribution in [2.24, 2.45) is 0 Å². The molecule has 1 aliphatic heterocycles. The number of aryl methyl sites for hydroxylation is 3. The first-order valence-electron chi connectivity index (χ1n) is 8.33. The third-order valence-electron chi connectivity index (χ3n) is 4.64. The average Bonchev–Trinajstić information content (AvgIpc) is 2.85. The van der Waals surface area contributed by atoms with Crippen molar-refractivity contribution in [1.29, 1.82) is 0 Å². The Balaban J connectivity index is 1.93. The minimum absolute atomic E-state index is 0.0311. The second-order valence-corrected chi connectivity index (χ2v) is 6.54. The zero-order chi connectivity index (χ0) is 19.0. The molecule has 0 aliphatic carbocycles. The van der Waals surface area contributed by atoms with Crippen molar-refractivity contribution >= 4 is 29.2 Å². The Bertz CT molecular complexity index is 900. The van der Waals surface area contributed by atoms with Gasteiger partial charge in [-0.3, -0.25) is 9.59 Å². The van der Waals surface area contributed by atoms with E-state index in [-0.39, 0.29) is 23.8 Å². The summed E-state index contributed by atoms with van der Waals surface area (Å²) in [5, 5.41) is 12.4. The Labute approximate surface area is 151 Å². The van der Waals surface area contributed by atoms with E-state index in [1.807, 2.05) is 32.0 Å². The molecule has 134 valence electrons. The van der Waals surface area contributed by atoms with Gasteiger partial charge in [0.1, 0.15) is 6.04 Å². The van der Waals surface area contributed by atoms with Crippen LogP contribution in [0.5, 0.6) is 0 Å². The highest BCUT2D eigenvalue weighted by atomic mass is 16.4. The standard InChI is InChI=1S/C20H20N2O4/c1-11-7-8-14(20(25)26)9-16(11)22-17(23)10-15(19(22)24)21-18-12(2)5-4-6-13(18)3/h4-9,15,21H,10H2,1-3H3,(H,25,26). The van der Waals surface area contributed by atoms with Crippen molar-refractivity contribution in [3.63, 3.8) is 0 Å². The average molecular weight is 352 g/mol. The van der Waals surface area contributed by atoms with Gasteiger partial charge in [-0.2, -0.15) is 0 Å². The molecule has 0 radical (unpaired) electrons. The number of benzene rings is 2. The summed E-state index contributed by atoms with van der Waals surface area (Å²) < 4.78 is 0. The lowest BCUT2D eigenvalue weighted by Gasteiger charge is -2.20. The summed E-state index contributed by atoms with van der Waals surface area (Å²) in [5.41, 5.74) is 3.87. The number of hydrogen-bond acceptors (Lipinski definition) is 4. The van der Waals surface area contributed by atoms with Gasteiger partial charge in [0.05, 0.1) is 17.7 Å². The number of nitrogens with one attached hydrogen (secondary N) is 1. The second kappa shape index (κ2) is 6.63. The van der Waals surface area contributed by atoms with Crippen LogP contribution in [0.25, 0.3) is 0 Å². The van der Waals surface area contributed by atoms with Crippen molar-refractivity contribution in [3.8, 4) is 0 Å². The van der Waals surface area contributed by atoms with E-state index < -0.39 is 12.0 Å². The summed E-state index contributed by atoms with van der Waals surface area (Å²) >= 11 is 0. The van der Waals surface area contributed by atoms with Crippen LogP contribution < -0.4 is 10.2 Å². The molecular formula is C20H20N2O4. The molecule has 0 aromatic heterocycles. The summed E-state index contributed by atoms with van der Waals surface area (Å²) in [7, 11) is 0. The van der Waals surface area contributed by atoms with Gasteiger partial charge in [0.15, 0.2) is 0 Å². The number of carbonyl (C=O) groups is 3. The fraction of sp³-hybridized carbons (Fsp3) is 0.250. The Morgan fingerprint density at radius 2 is 1.73 bits per heavy atom. The highest BCUT2D eigenvalue weighted by Gasteiger charge is 2.40. The number of imide groups is 1. The van der Waals surface area contributed by atoms with Crippen molar-refractivity contribution < 1.29 is 19.5 Å². The molecule has 26 heavy (non-hydrogen) atoms. The maximum absolute atomic E-state index is 12.9. The maximum atomic E-state index is 12.9. The van der Waals surface area contributed by atoms with Crippen LogP contribution in [0, 0.1) is 20.8 Å². The minimum atomic E-state index is -1.10. The molecule has 1 heterocycles. The highest BCUT2D eigenvalue weighted by Crippen LogP contribution is 2.30. The van der Waals surface area contributed by atoms with E-state index in [0.717, 1.165) is 21.7 Å². The molecule has 6 heteroatoms. The van der Waals surface area contributed by atoms with Crippen LogP contribution in [0.3, 0.4) is 0 Å². The Morgan fingerprint density at radius 3 is 2.35 bits per heavy atom. The molecule has 1 atom stereocenters. The Kier molecular flexibility index (Phi) is 4.50. The van der Waals surface area contributed by atoms with Crippen molar-refractivity contribution in [3.05, 3.63) is 58.7 Å². The normalized spacial score (nSPS) is 16.9. The molecule has 2 aromatic carbocycles. The molecule has 1 unspecified atom stereocenters. The molecule has 0 spiro atoms. The summed E-state index contributed by atoms with van der Waals surface area (Å²) in [6.07, 6.45) is 0.0311. The van der Waals surface area contributed by atoms with E-state index in [9.17, 15) is 19.5 Å². The third-order valence-corrected chi connectivity index (χ3v) is 4.64. The van der Waals surface area contributed by atoms with Gasteiger partial charge in [-0.1, -0.05) is 24.3 Å². The number of para-hydroxylation sites is 1. The molecule has 1 fully saturated rings. The van der Waals surface area contributed by atoms with Crippen LogP contribution in [0.1, 0.15) is 33.5 Å². The number of hydrogen-bond donors (Lipinski definition) is 2. The van der Waals surface area contributed by atoms with Crippen LogP contribution in [-0.4, -0.2) is 28.9 Å². The molecule has 0 saturated carbocycles. The fourth-order valence-electron chi connectivity index (χ4n) is 3.20. The van der Waals surface area contributed by atoms with Crippen molar-refractivity contribution in [2.45, 2.75) is 33.2 Å². The van der Waals surface area contributed by atoms with E-state index in [2.05, 4.69) is 5.32 Å². The third kappa shape index (κ3) is 3.06. The number of aromatic carboxylic acids is 1. The molecular weight excluding hydrogens is 332 g/mol. The molecule has 0 bridgehead atoms. The van der Waals surface area contributed by atoms with E-state index in [4.69, 9.17) is 0 Å². The quantitative estimate of drug-likeness (QED) is 0.826. The molecule has 2 amide bonds. The largest absolute Gasteiger partial charge is 0.478 e. The summed E-state index contributed by atoms with van der Waals surface area (Å²) in [4.78, 5) is 37.7. The second-order valence-electron chi connectivity index (χ2n) is 6.54. The number of carboxylic acid groups (broad SMARTS) is 1. The van der Waals surface area contributed by atoms with Crippen molar-refractivity contribution in [2.75, 3.05) is 10.2 Å². The predicted octanol–water partition coefficient (Wildman–Crippen LogP) is 3.05. The molecule has 6 nitrogen and oxygen atoms in total. The number of carbonyl (C=O) groups excluding carboxylic acids is 2. The lowest BCUT2D eigenvalue weighted by atomic mass is 10.1. The lowest BCUT2D eigenvalue weighted by Crippen LogP contribution is -2.35. The maximum Gasteiger partial charge on any atom is 0.335 e. The predicted molar refractivity (Wildman–Crippen MR) is 98.6 cm³/mol. The summed E-state index contributed by atoms with van der Waals surface area (Å²) in [6, 6.07) is 9.57. The monoisotopic (exact) mass is 352 g/mol. The van der Waals surface area contributed by atoms with E-state index in [0.29, 0.717) is 11.3 Å². The number of carboxylic acids is 1. The molecule has 2 N–H and O–H groups in total. The van der Waals surface area contributed by atoms with Gasteiger partial charge in [-0.25, -0.2) is 9.69 Å². The zero-order valence-corrected chi connectivity index (χ0v) is 14.9. The first-order chi connectivity index (χ1) is 12.3. The Hall–Kier alpha value is -3.15. The summed E-state index contributed by atoms with van der Waals surface area (Å²) in [5.74, 6) is -1.82. The van der Waals surface area contributed by atoms with Gasteiger partial charge in [0.25, 0.3) is 5.91 Å². The number of nitrogens with zero attached hydrogens (tertiary/aromatic N) is 1. The molecule has 1 aliphatic rings. The van der Waals surface area contributed by atoms with Crippen LogP contribution in [-0.2, 0) is 9.59 Å². The van der Waals surface area contributed by atoms with Gasteiger partial charge in [0, 0.05) is 5.69 Å². The van der Waals surface area contributed by atoms with Gasteiger partial charge in [0.2, 0.25) is 5.91 Å². The van der Waals surface area contributed by atoms with E-state index in [1.165, 1.54) is 12.1 Å². The van der Waals surface area contributed by atoms with Crippen LogP contribution in [0.4, 0.5) is 11.4 Å². The van der Waals surface area contributed by atoms with E-state index in [1.54, 1.807) is 13.0 Å². The Morgan fingerprint density at radius 1 is 1.08 bits per heavy atom. The first kappa shape index (κ1) is 17.7. The van der Waals surface area contributed by atoms with Crippen LogP contribution in [0.2, 0.25) is 0 Å². The molecule has 1 saturated heterocycles. The van der Waals surface area contributed by atoms with Gasteiger partial charge in [-0.15, -0.1) is 0 Å². The summed E-state index contributed by atoms with van der Waals surface area (Å²) in [6.45, 7) is 5.62. The van der Waals surface area contributed by atoms with Crippen LogP contribution >= 0.6 is 0 Å². The lowest BCUT2D eigenvalue weighted by molar-refractivity contribution is -0.121. The molecule has 3 rings (SSSR count). The topological polar surface area (TPSA) is 86.7 Å². The fourth-order valence-corrected chi connectivity index (χ4v) is 3.20. The van der Waals surface area contributed by atoms with Gasteiger partial charge < -0.3 is 10.4 Å². The smallest absolute Gasteiger partial charge is 0.335 e. The van der Waals surface area contributed by atoms with Crippen molar-refractivity contribution in [1.82, 2.24) is 0 Å². The zero-order valence-electron chi connectivity index (χ0n) is 14.9. The number of rotatable bonds is 4. The van der Waals surface area contributed by atoms with Crippen LogP contribution in [0.15, 0.2) is 36.4 Å².